The van der Waals surface area contributed by atoms with Gasteiger partial charge in [-0.05, 0) is 36.5 Å². The van der Waals surface area contributed by atoms with Crippen LogP contribution in [0.2, 0.25) is 0 Å². The van der Waals surface area contributed by atoms with Gasteiger partial charge in [0.05, 0.1) is 17.3 Å². The molecule has 0 radical (unpaired) electrons. The molecule has 7 heteroatoms. The van der Waals surface area contributed by atoms with Crippen LogP contribution in [-0.2, 0) is 0 Å². The molecule has 1 fully saturated rings. The maximum absolute atomic E-state index is 11.1. The van der Waals surface area contributed by atoms with Crippen LogP contribution >= 0.6 is 0 Å². The molecule has 0 bridgehead atoms. The van der Waals surface area contributed by atoms with Crippen molar-refractivity contribution in [1.82, 2.24) is 19.7 Å². The number of nitrogens with zero attached hydrogens (tertiary/aromatic N) is 5. The molecule has 0 aliphatic carbocycles. The highest BCUT2D eigenvalue weighted by Crippen LogP contribution is 2.30. The van der Waals surface area contributed by atoms with Crippen molar-refractivity contribution >= 4 is 22.7 Å². The maximum atomic E-state index is 11.1. The molecule has 3 heterocycles. The van der Waals surface area contributed by atoms with Crippen LogP contribution in [0.5, 0.6) is 0 Å². The molecule has 1 aliphatic heterocycles. The van der Waals surface area contributed by atoms with Gasteiger partial charge in [-0.15, -0.1) is 0 Å². The zero-order chi connectivity index (χ0) is 18.3. The summed E-state index contributed by atoms with van der Waals surface area (Å²) in [6.07, 6.45) is 5.05. The number of hydrogen-bond donors (Lipinski definition) is 1. The molecule has 134 valence electrons. The Balaban J connectivity index is 1.89. The number of carboxylic acid groups (broad SMARTS) is 1. The molecule has 0 amide bonds. The summed E-state index contributed by atoms with van der Waals surface area (Å²) in [4.78, 5) is 22.8. The number of rotatable bonds is 4. The van der Waals surface area contributed by atoms with Gasteiger partial charge >= 0.3 is 5.97 Å². The first-order valence-electron chi connectivity index (χ1n) is 8.88. The number of carbonyl (C=O) groups is 1. The highest BCUT2D eigenvalue weighted by molar-refractivity contribution is 5.91. The molecule has 0 spiro atoms. The molecule has 1 saturated heterocycles. The van der Waals surface area contributed by atoms with Crippen LogP contribution in [0.15, 0.2) is 30.6 Å². The highest BCUT2D eigenvalue weighted by Gasteiger charge is 2.20. The summed E-state index contributed by atoms with van der Waals surface area (Å²) in [5, 5.41) is 14.3. The molecule has 1 aromatic carbocycles. The third-order valence-corrected chi connectivity index (χ3v) is 4.79. The number of aromatic nitrogens is 4. The number of benzene rings is 1. The molecule has 4 rings (SSSR count). The molecule has 1 N–H and O–H groups in total. The van der Waals surface area contributed by atoms with Crippen molar-refractivity contribution in [1.29, 1.82) is 0 Å². The summed E-state index contributed by atoms with van der Waals surface area (Å²) in [5.41, 5.74) is 2.21. The van der Waals surface area contributed by atoms with Gasteiger partial charge in [0.1, 0.15) is 5.82 Å². The fourth-order valence-corrected chi connectivity index (χ4v) is 3.29. The Bertz CT molecular complexity index is 973. The molecule has 26 heavy (non-hydrogen) atoms. The minimum atomic E-state index is -1.02. The average Bonchev–Trinajstić information content (AvgIpc) is 3.32. The van der Waals surface area contributed by atoms with E-state index in [-0.39, 0.29) is 5.56 Å². The van der Waals surface area contributed by atoms with Crippen LogP contribution in [0.1, 0.15) is 48.5 Å². The Labute approximate surface area is 151 Å². The SMILES string of the molecule is CC(C)c1ccc2nc(-n3cc(C(=O)O)cn3)nc(N3CCCC3)c2c1. The summed E-state index contributed by atoms with van der Waals surface area (Å²) in [6, 6.07) is 6.27. The molecule has 0 saturated carbocycles. The lowest BCUT2D eigenvalue weighted by Crippen LogP contribution is -2.20. The maximum Gasteiger partial charge on any atom is 0.338 e. The van der Waals surface area contributed by atoms with Gasteiger partial charge in [0.2, 0.25) is 0 Å². The lowest BCUT2D eigenvalue weighted by Gasteiger charge is -2.20. The smallest absolute Gasteiger partial charge is 0.338 e. The summed E-state index contributed by atoms with van der Waals surface area (Å²) in [7, 11) is 0. The summed E-state index contributed by atoms with van der Waals surface area (Å²) in [5.74, 6) is 0.703. The molecule has 0 atom stereocenters. The first-order chi connectivity index (χ1) is 12.5. The summed E-state index contributed by atoms with van der Waals surface area (Å²) < 4.78 is 1.43. The van der Waals surface area contributed by atoms with E-state index < -0.39 is 5.97 Å². The number of aromatic carboxylic acids is 1. The van der Waals surface area contributed by atoms with Crippen molar-refractivity contribution in [3.8, 4) is 5.95 Å². The van der Waals surface area contributed by atoms with Crippen molar-refractivity contribution in [2.24, 2.45) is 0 Å². The van der Waals surface area contributed by atoms with Gasteiger partial charge in [-0.2, -0.15) is 10.1 Å². The first kappa shape index (κ1) is 16.5. The van der Waals surface area contributed by atoms with Crippen LogP contribution in [0.3, 0.4) is 0 Å². The Morgan fingerprint density at radius 1 is 1.19 bits per heavy atom. The van der Waals surface area contributed by atoms with Crippen LogP contribution in [0.25, 0.3) is 16.9 Å². The topological polar surface area (TPSA) is 84.1 Å². The second-order valence-electron chi connectivity index (χ2n) is 6.95. The van der Waals surface area contributed by atoms with Crippen LogP contribution < -0.4 is 4.90 Å². The molecule has 2 aromatic heterocycles. The van der Waals surface area contributed by atoms with Crippen LogP contribution in [0.4, 0.5) is 5.82 Å². The van der Waals surface area contributed by atoms with Gasteiger partial charge < -0.3 is 10.0 Å². The van der Waals surface area contributed by atoms with Gasteiger partial charge in [-0.3, -0.25) is 0 Å². The zero-order valence-corrected chi connectivity index (χ0v) is 14.9. The Hall–Kier alpha value is -2.96. The quantitative estimate of drug-likeness (QED) is 0.777. The predicted molar refractivity (Wildman–Crippen MR) is 99.2 cm³/mol. The second kappa shape index (κ2) is 6.40. The fraction of sp³-hybridized carbons (Fsp3) is 0.368. The van der Waals surface area contributed by atoms with E-state index in [2.05, 4.69) is 41.0 Å². The fourth-order valence-electron chi connectivity index (χ4n) is 3.29. The molecular formula is C19H21N5O2. The molecule has 1 aliphatic rings. The van der Waals surface area contributed by atoms with Crippen LogP contribution in [-0.4, -0.2) is 43.9 Å². The van der Waals surface area contributed by atoms with E-state index in [9.17, 15) is 4.79 Å². The van der Waals surface area contributed by atoms with Gasteiger partial charge in [0.25, 0.3) is 5.95 Å². The van der Waals surface area contributed by atoms with Crippen molar-refractivity contribution in [3.05, 3.63) is 41.7 Å². The van der Waals surface area contributed by atoms with E-state index in [1.54, 1.807) is 0 Å². The van der Waals surface area contributed by atoms with Gasteiger partial charge in [0.15, 0.2) is 0 Å². The molecule has 7 nitrogen and oxygen atoms in total. The van der Waals surface area contributed by atoms with Gasteiger partial charge in [-0.25, -0.2) is 14.5 Å². The minimum Gasteiger partial charge on any atom is -0.478 e. The largest absolute Gasteiger partial charge is 0.478 e. The zero-order valence-electron chi connectivity index (χ0n) is 14.9. The first-order valence-corrected chi connectivity index (χ1v) is 8.88. The minimum absolute atomic E-state index is 0.117. The van der Waals surface area contributed by atoms with Gasteiger partial charge in [0, 0.05) is 24.7 Å². The highest BCUT2D eigenvalue weighted by atomic mass is 16.4. The summed E-state index contributed by atoms with van der Waals surface area (Å²) in [6.45, 7) is 6.28. The molecule has 0 unspecified atom stereocenters. The van der Waals surface area contributed by atoms with Crippen LogP contribution in [0, 0.1) is 0 Å². The molecule has 3 aromatic rings. The second-order valence-corrected chi connectivity index (χ2v) is 6.95. The average molecular weight is 351 g/mol. The van der Waals surface area contributed by atoms with E-state index in [4.69, 9.17) is 10.1 Å². The van der Waals surface area contributed by atoms with Crippen molar-refractivity contribution in [2.75, 3.05) is 18.0 Å². The standard InChI is InChI=1S/C19H21N5O2/c1-12(2)13-5-6-16-15(9-13)17(23-7-3-4-8-23)22-19(21-16)24-11-14(10-20-24)18(25)26/h5-6,9-12H,3-4,7-8H2,1-2H3,(H,25,26). The van der Waals surface area contributed by atoms with Crippen molar-refractivity contribution < 1.29 is 9.90 Å². The van der Waals surface area contributed by atoms with E-state index in [1.165, 1.54) is 22.6 Å². The number of anilines is 1. The number of fused-ring (bicyclic) bond motifs is 1. The monoisotopic (exact) mass is 351 g/mol. The van der Waals surface area contributed by atoms with E-state index in [1.807, 2.05) is 6.07 Å². The van der Waals surface area contributed by atoms with Crippen molar-refractivity contribution in [2.45, 2.75) is 32.6 Å². The van der Waals surface area contributed by atoms with E-state index in [0.29, 0.717) is 11.9 Å². The van der Waals surface area contributed by atoms with Crippen molar-refractivity contribution in [3.63, 3.8) is 0 Å². The number of carboxylic acids is 1. The Kier molecular flexibility index (Phi) is 4.06. The van der Waals surface area contributed by atoms with E-state index in [0.717, 1.165) is 42.7 Å². The predicted octanol–water partition coefficient (Wildman–Crippen LogP) is 3.24. The lowest BCUT2D eigenvalue weighted by atomic mass is 10.0. The molecular weight excluding hydrogens is 330 g/mol. The third kappa shape index (κ3) is 2.89. The normalized spacial score (nSPS) is 14.5. The third-order valence-electron chi connectivity index (χ3n) is 4.79. The lowest BCUT2D eigenvalue weighted by molar-refractivity contribution is 0.0697. The number of hydrogen-bond acceptors (Lipinski definition) is 5. The Morgan fingerprint density at radius 3 is 2.62 bits per heavy atom. The summed E-state index contributed by atoms with van der Waals surface area (Å²) >= 11 is 0. The Morgan fingerprint density at radius 2 is 1.96 bits per heavy atom. The van der Waals surface area contributed by atoms with Gasteiger partial charge in [-0.1, -0.05) is 19.9 Å². The van der Waals surface area contributed by atoms with E-state index >= 15 is 0 Å².